The Hall–Kier alpha value is -10.2. The zero-order valence-corrected chi connectivity index (χ0v) is 43.7. The van der Waals surface area contributed by atoms with Crippen LogP contribution in [0.4, 0.5) is 11.4 Å². The number of rotatable bonds is 11. The summed E-state index contributed by atoms with van der Waals surface area (Å²) >= 11 is 0. The lowest BCUT2D eigenvalue weighted by Crippen LogP contribution is -2.32. The van der Waals surface area contributed by atoms with Crippen molar-refractivity contribution < 1.29 is 54.0 Å². The van der Waals surface area contributed by atoms with Gasteiger partial charge in [-0.1, -0.05) is 84.6 Å². The predicted molar refractivity (Wildman–Crippen MR) is 303 cm³/mol. The van der Waals surface area contributed by atoms with Crippen molar-refractivity contribution in [3.8, 4) is 28.7 Å². The van der Waals surface area contributed by atoms with Gasteiger partial charge in [-0.3, -0.25) is 4.79 Å². The second-order valence-corrected chi connectivity index (χ2v) is 18.6. The number of aromatic carboxylic acids is 2. The average Bonchev–Trinajstić information content (AvgIpc) is 3.82. The van der Waals surface area contributed by atoms with Crippen LogP contribution in [0.3, 0.4) is 0 Å². The number of nitrogens with zero attached hydrogens (tertiary/aromatic N) is 3. The molecule has 0 fully saturated rings. The molecule has 8 aromatic carbocycles. The van der Waals surface area contributed by atoms with Crippen molar-refractivity contribution in [3.63, 3.8) is 0 Å². The van der Waals surface area contributed by atoms with Gasteiger partial charge in [0.15, 0.2) is 0 Å². The number of carbonyl (C=O) groups is 4. The summed E-state index contributed by atoms with van der Waals surface area (Å²) in [5.41, 5.74) is 9.11. The molecule has 14 heteroatoms. The lowest BCUT2D eigenvalue weighted by molar-refractivity contribution is -0.646. The van der Waals surface area contributed by atoms with Crippen LogP contribution < -0.4 is 24.6 Å². The van der Waals surface area contributed by atoms with E-state index in [9.17, 15) is 44.7 Å². The highest BCUT2D eigenvalue weighted by atomic mass is 16.5. The van der Waals surface area contributed by atoms with Gasteiger partial charge in [0.1, 0.15) is 35.4 Å². The largest absolute Gasteiger partial charge is 0.872 e. The SMILES string of the molecule is CC(=O)Nc1ccc(OC(=O)c2ccccc2O)cc1.Cc1cc(C=Cc2ccc3cc(N(C)C)ccc3[n+]2C)c(C)n1-c1ccccc1.O=C(O)c1cc2ccccc2c(Cc2c(O)c(C(=O)O)cc3ccccc23)c1[O-]. The molecule has 0 aliphatic carbocycles. The first-order valence-corrected chi connectivity index (χ1v) is 24.7. The number of carboxylic acids is 2. The van der Waals surface area contributed by atoms with Crippen LogP contribution in [0.15, 0.2) is 176 Å². The van der Waals surface area contributed by atoms with Gasteiger partial charge in [-0.25, -0.2) is 14.4 Å². The number of aryl methyl sites for hydroxylation is 2. The van der Waals surface area contributed by atoms with Crippen LogP contribution in [0, 0.1) is 13.8 Å². The molecule has 0 radical (unpaired) electrons. The Kier molecular flexibility index (Phi) is 16.3. The first-order valence-electron chi connectivity index (χ1n) is 24.7. The molecule has 78 heavy (non-hydrogen) atoms. The van der Waals surface area contributed by atoms with Crippen LogP contribution in [0.1, 0.15) is 71.8 Å². The molecule has 2 aromatic heterocycles. The maximum absolute atomic E-state index is 12.9. The number of hydrogen-bond acceptors (Lipinski definition) is 9. The van der Waals surface area contributed by atoms with E-state index in [0.717, 1.165) is 0 Å². The highest BCUT2D eigenvalue weighted by molar-refractivity contribution is 6.02. The van der Waals surface area contributed by atoms with Crippen molar-refractivity contribution in [1.29, 1.82) is 0 Å². The maximum Gasteiger partial charge on any atom is 0.347 e. The Labute approximate surface area is 450 Å². The fourth-order valence-electron chi connectivity index (χ4n) is 9.24. The molecule has 10 aromatic rings. The number of phenolic OH excluding ortho intramolecular Hbond substituents is 1. The third-order valence-electron chi connectivity index (χ3n) is 13.2. The van der Waals surface area contributed by atoms with Gasteiger partial charge in [0.05, 0.1) is 5.56 Å². The number of carbonyl (C=O) groups excluding carboxylic acids is 2. The zero-order valence-electron chi connectivity index (χ0n) is 43.7. The molecule has 0 bridgehead atoms. The maximum atomic E-state index is 12.9. The third-order valence-corrected chi connectivity index (χ3v) is 13.2. The molecule has 0 aliphatic rings. The smallest absolute Gasteiger partial charge is 0.347 e. The van der Waals surface area contributed by atoms with Crippen LogP contribution in [0.2, 0.25) is 0 Å². The van der Waals surface area contributed by atoms with E-state index < -0.39 is 29.4 Å². The average molecular weight is 1040 g/mol. The number of aromatic nitrogens is 2. The van der Waals surface area contributed by atoms with Gasteiger partial charge < -0.3 is 45.1 Å². The number of benzene rings is 8. The molecule has 5 N–H and O–H groups in total. The molecule has 0 saturated carbocycles. The second kappa shape index (κ2) is 23.6. The quantitative estimate of drug-likeness (QED) is 0.0468. The van der Waals surface area contributed by atoms with Crippen LogP contribution in [-0.4, -0.2) is 62.9 Å². The Morgan fingerprint density at radius 2 is 1.26 bits per heavy atom. The highest BCUT2D eigenvalue weighted by Gasteiger charge is 2.21. The van der Waals surface area contributed by atoms with Crippen molar-refractivity contribution in [1.82, 2.24) is 4.57 Å². The molecular formula is C64H56N4O10. The molecule has 392 valence electrons. The van der Waals surface area contributed by atoms with Crippen molar-refractivity contribution in [2.24, 2.45) is 7.05 Å². The van der Waals surface area contributed by atoms with E-state index in [1.807, 2.05) is 0 Å². The van der Waals surface area contributed by atoms with Gasteiger partial charge in [0.2, 0.25) is 17.1 Å². The molecule has 0 atom stereocenters. The number of pyridine rings is 1. The van der Waals surface area contributed by atoms with Gasteiger partial charge in [-0.2, -0.15) is 4.57 Å². The number of esters is 1. The van der Waals surface area contributed by atoms with E-state index in [1.165, 1.54) is 76.1 Å². The summed E-state index contributed by atoms with van der Waals surface area (Å²) in [6.45, 7) is 5.75. The molecule has 2 heterocycles. The number of amides is 1. The van der Waals surface area contributed by atoms with E-state index in [1.54, 1.807) is 84.9 Å². The number of phenols is 2. The summed E-state index contributed by atoms with van der Waals surface area (Å²) in [7, 11) is 6.28. The minimum absolute atomic E-state index is 0.0958. The molecular weight excluding hydrogens is 985 g/mol. The summed E-state index contributed by atoms with van der Waals surface area (Å²) in [6, 6.07) is 52.8. The van der Waals surface area contributed by atoms with E-state index in [0.29, 0.717) is 33.0 Å². The highest BCUT2D eigenvalue weighted by Crippen LogP contribution is 2.38. The first kappa shape index (κ1) is 54.1. The topological polar surface area (TPSA) is 206 Å². The lowest BCUT2D eigenvalue weighted by Gasteiger charge is -2.21. The number of para-hydroxylation sites is 2. The zero-order chi connectivity index (χ0) is 55.8. The lowest BCUT2D eigenvalue weighted by atomic mass is 9.90. The number of ether oxygens (including phenoxy) is 1. The summed E-state index contributed by atoms with van der Waals surface area (Å²) < 4.78 is 9.69. The summed E-state index contributed by atoms with van der Waals surface area (Å²) in [6.07, 6.45) is 4.32. The third kappa shape index (κ3) is 12.0. The number of anilines is 2. The fraction of sp³-hybridized carbons (Fsp3) is 0.109. The van der Waals surface area contributed by atoms with Crippen LogP contribution in [0.25, 0.3) is 50.3 Å². The number of aromatic hydroxyl groups is 2. The summed E-state index contributed by atoms with van der Waals surface area (Å²) in [5.74, 6) is -4.34. The van der Waals surface area contributed by atoms with Gasteiger partial charge in [-0.05, 0) is 138 Å². The van der Waals surface area contributed by atoms with Crippen LogP contribution in [0.5, 0.6) is 23.0 Å². The number of nitrogens with one attached hydrogen (secondary N) is 1. The molecule has 0 spiro atoms. The first-order chi connectivity index (χ1) is 37.4. The normalized spacial score (nSPS) is 10.9. The molecule has 1 amide bonds. The van der Waals surface area contributed by atoms with Crippen LogP contribution >= 0.6 is 0 Å². The molecule has 0 aliphatic heterocycles. The van der Waals surface area contributed by atoms with Crippen molar-refractivity contribution in [3.05, 3.63) is 226 Å². The van der Waals surface area contributed by atoms with Crippen LogP contribution in [-0.2, 0) is 18.3 Å². The minimum atomic E-state index is -1.34. The summed E-state index contributed by atoms with van der Waals surface area (Å²) in [4.78, 5) is 48.0. The number of hydrogen-bond donors (Lipinski definition) is 5. The van der Waals surface area contributed by atoms with Crippen molar-refractivity contribution in [2.45, 2.75) is 27.2 Å². The van der Waals surface area contributed by atoms with Crippen molar-refractivity contribution >= 4 is 79.8 Å². The number of carboxylic acid groups (broad SMARTS) is 2. The van der Waals surface area contributed by atoms with E-state index in [4.69, 9.17) is 4.74 Å². The van der Waals surface area contributed by atoms with Gasteiger partial charge in [0, 0.05) is 85.0 Å². The molecule has 0 saturated heterocycles. The fourth-order valence-corrected chi connectivity index (χ4v) is 9.24. The Balaban J connectivity index is 0.000000158. The van der Waals surface area contributed by atoms with E-state index >= 15 is 0 Å². The number of fused-ring (bicyclic) bond motifs is 3. The molecule has 0 unspecified atom stereocenters. The second-order valence-electron chi connectivity index (χ2n) is 18.6. The summed E-state index contributed by atoms with van der Waals surface area (Å²) in [5, 5.41) is 58.2. The molecule has 10 rings (SSSR count). The Morgan fingerprint density at radius 3 is 1.88 bits per heavy atom. The standard InChI is InChI=1S/C26H28N3.C23H16O6.C15H13NO4/c1-19-17-21(20(2)29(19)24-9-7-6-8-10-24)11-13-23-14-12-22-18-25(27(3)4)15-16-26(22)28(23)5;24-20-16(14-7-3-1-5-12(14)9-18(20)22(26)27)11-17-15-8-4-2-6-13(15)10-19(21(17)25)23(28)29;1-10(17)16-11-6-8-12(9-7-11)20-15(19)13-4-2-3-5-14(13)18/h6-18H,1-5H3;1-10,24-25H,11H2,(H,26,27)(H,28,29);2-9,18H,1H3,(H,16,17)/q+1;;/p-1. The van der Waals surface area contributed by atoms with Gasteiger partial charge in [-0.15, -0.1) is 0 Å². The van der Waals surface area contributed by atoms with Crippen molar-refractivity contribution in [2.75, 3.05) is 24.3 Å². The minimum Gasteiger partial charge on any atom is -0.872 e. The Bertz CT molecular complexity index is 3840. The van der Waals surface area contributed by atoms with E-state index in [2.05, 4.69) is 133 Å². The van der Waals surface area contributed by atoms with Gasteiger partial charge >= 0.3 is 17.9 Å². The monoisotopic (exact) mass is 1040 g/mol. The Morgan fingerprint density at radius 1 is 0.654 bits per heavy atom. The van der Waals surface area contributed by atoms with Gasteiger partial charge in [0.25, 0.3) is 0 Å². The molecule has 14 nitrogen and oxygen atoms in total. The predicted octanol–water partition coefficient (Wildman–Crippen LogP) is 11.6. The van der Waals surface area contributed by atoms with E-state index in [-0.39, 0.29) is 45.9 Å².